The molecule has 6 heterocycles. The Morgan fingerprint density at radius 3 is 1.46 bits per heavy atom. The molecule has 5 nitrogen and oxygen atoms in total. The molecule has 5 aromatic rings. The van der Waals surface area contributed by atoms with Crippen molar-refractivity contribution in [3.63, 3.8) is 0 Å². The van der Waals surface area contributed by atoms with Crippen molar-refractivity contribution in [3.05, 3.63) is 114 Å². The Balaban J connectivity index is 1.51. The number of aromatic nitrogens is 4. The molecule has 3 aliphatic rings. The minimum Gasteiger partial charge on any atom is -0.368 e. The minimum atomic E-state index is 0.953. The highest BCUT2D eigenvalue weighted by molar-refractivity contribution is 5.95. The Morgan fingerprint density at radius 2 is 0.976 bits per heavy atom. The SMILES string of the molecule is C1=Cc2nc1c(N1CCCC1)c1nc(c(-c3ccccc3)c3ccc(cc4ccc([nH]4)c2-c2ccccc2)[nH]3)C=C1. The summed E-state index contributed by atoms with van der Waals surface area (Å²) in [5.41, 5.74) is 13.5. The van der Waals surface area contributed by atoms with Gasteiger partial charge in [0.25, 0.3) is 0 Å². The molecule has 0 saturated carbocycles. The largest absolute Gasteiger partial charge is 0.368 e. The zero-order valence-corrected chi connectivity index (χ0v) is 22.6. The van der Waals surface area contributed by atoms with Crippen molar-refractivity contribution in [3.8, 4) is 22.3 Å². The molecule has 3 aliphatic heterocycles. The number of benzene rings is 2. The van der Waals surface area contributed by atoms with Gasteiger partial charge in [0.2, 0.25) is 0 Å². The Kier molecular flexibility index (Phi) is 5.66. The van der Waals surface area contributed by atoms with Crippen LogP contribution < -0.4 is 4.90 Å². The van der Waals surface area contributed by atoms with Crippen LogP contribution in [0.25, 0.3) is 68.6 Å². The highest BCUT2D eigenvalue weighted by Gasteiger charge is 2.23. The predicted molar refractivity (Wildman–Crippen MR) is 171 cm³/mol. The lowest BCUT2D eigenvalue weighted by Crippen LogP contribution is -2.19. The minimum absolute atomic E-state index is 0.953. The van der Waals surface area contributed by atoms with Gasteiger partial charge in [-0.2, -0.15) is 0 Å². The smallest absolute Gasteiger partial charge is 0.0893 e. The molecule has 1 fully saturated rings. The number of nitrogens with one attached hydrogen (secondary N) is 2. The third-order valence-electron chi connectivity index (χ3n) is 8.09. The number of aromatic amines is 2. The molecular weight excluding hydrogens is 502 g/mol. The Bertz CT molecular complexity index is 1850. The number of rotatable bonds is 3. The van der Waals surface area contributed by atoms with Crippen LogP contribution in [0.2, 0.25) is 0 Å². The molecule has 0 atom stereocenters. The van der Waals surface area contributed by atoms with Crippen molar-refractivity contribution in [1.82, 2.24) is 19.9 Å². The van der Waals surface area contributed by atoms with E-state index in [1.165, 1.54) is 12.8 Å². The van der Waals surface area contributed by atoms with Gasteiger partial charge in [0.05, 0.1) is 28.5 Å². The number of hydrogen-bond acceptors (Lipinski definition) is 3. The number of nitrogens with zero attached hydrogens (tertiary/aromatic N) is 3. The number of anilines is 1. The van der Waals surface area contributed by atoms with Gasteiger partial charge in [-0.25, -0.2) is 9.97 Å². The maximum absolute atomic E-state index is 5.28. The first-order valence-electron chi connectivity index (χ1n) is 14.3. The topological polar surface area (TPSA) is 60.6 Å². The summed E-state index contributed by atoms with van der Waals surface area (Å²) in [5, 5.41) is 0. The summed E-state index contributed by atoms with van der Waals surface area (Å²) >= 11 is 0. The number of hydrogen-bond donors (Lipinski definition) is 2. The van der Waals surface area contributed by atoms with E-state index in [4.69, 9.17) is 9.97 Å². The zero-order valence-electron chi connectivity index (χ0n) is 22.6. The van der Waals surface area contributed by atoms with E-state index in [2.05, 4.69) is 130 Å². The fourth-order valence-electron chi connectivity index (χ4n) is 6.21. The van der Waals surface area contributed by atoms with Gasteiger partial charge < -0.3 is 14.9 Å². The summed E-state index contributed by atoms with van der Waals surface area (Å²) in [5.74, 6) is 0. The molecular formula is C36H29N5. The van der Waals surface area contributed by atoms with Crippen LogP contribution in [0, 0.1) is 0 Å². The fraction of sp³-hybridized carbons (Fsp3) is 0.111. The Morgan fingerprint density at radius 1 is 0.512 bits per heavy atom. The van der Waals surface area contributed by atoms with Crippen LogP contribution in [0.3, 0.4) is 0 Å². The van der Waals surface area contributed by atoms with Gasteiger partial charge in [0.1, 0.15) is 0 Å². The lowest BCUT2D eigenvalue weighted by Gasteiger charge is -2.19. The third-order valence-corrected chi connectivity index (χ3v) is 8.09. The molecule has 3 aromatic heterocycles. The van der Waals surface area contributed by atoms with Gasteiger partial charge in [0, 0.05) is 46.3 Å². The zero-order chi connectivity index (χ0) is 27.2. The van der Waals surface area contributed by atoms with Gasteiger partial charge in [-0.3, -0.25) is 0 Å². The molecule has 5 heteroatoms. The molecule has 1 saturated heterocycles. The van der Waals surface area contributed by atoms with Gasteiger partial charge in [-0.15, -0.1) is 0 Å². The molecule has 0 unspecified atom stereocenters. The molecule has 8 rings (SSSR count). The predicted octanol–water partition coefficient (Wildman–Crippen LogP) is 8.59. The summed E-state index contributed by atoms with van der Waals surface area (Å²) in [6.07, 6.45) is 11.0. The quantitative estimate of drug-likeness (QED) is 0.240. The van der Waals surface area contributed by atoms with Gasteiger partial charge in [-0.05, 0) is 78.6 Å². The van der Waals surface area contributed by atoms with E-state index in [0.29, 0.717) is 0 Å². The van der Waals surface area contributed by atoms with Gasteiger partial charge in [-0.1, -0.05) is 60.7 Å². The second kappa shape index (κ2) is 9.79. The van der Waals surface area contributed by atoms with Crippen molar-refractivity contribution in [2.75, 3.05) is 18.0 Å². The molecule has 8 bridgehead atoms. The Hall–Kier alpha value is -5.16. The van der Waals surface area contributed by atoms with E-state index >= 15 is 0 Å². The Labute approximate surface area is 238 Å². The van der Waals surface area contributed by atoms with E-state index in [-0.39, 0.29) is 0 Å². The van der Waals surface area contributed by atoms with E-state index in [0.717, 1.165) is 85.9 Å². The number of H-pyrrole nitrogens is 2. The first kappa shape index (κ1) is 23.7. The van der Waals surface area contributed by atoms with Crippen LogP contribution in [0.5, 0.6) is 0 Å². The highest BCUT2D eigenvalue weighted by Crippen LogP contribution is 2.37. The van der Waals surface area contributed by atoms with Crippen LogP contribution in [0.4, 0.5) is 5.69 Å². The summed E-state index contributed by atoms with van der Waals surface area (Å²) in [6.45, 7) is 2.03. The van der Waals surface area contributed by atoms with Gasteiger partial charge in [0.15, 0.2) is 0 Å². The van der Waals surface area contributed by atoms with E-state index < -0.39 is 0 Å². The van der Waals surface area contributed by atoms with E-state index in [1.54, 1.807) is 0 Å². The molecule has 198 valence electrons. The molecule has 41 heavy (non-hydrogen) atoms. The van der Waals surface area contributed by atoms with Crippen molar-refractivity contribution >= 4 is 52.1 Å². The van der Waals surface area contributed by atoms with Gasteiger partial charge >= 0.3 is 0 Å². The van der Waals surface area contributed by atoms with Crippen molar-refractivity contribution in [1.29, 1.82) is 0 Å². The standard InChI is InChI=1S/C36H29N5/c1-3-9-24(10-4-1)34-28-15-13-26(37-28)23-27-14-16-29(38-27)35(25-11-5-2-6-12-25)31-18-20-33(40-31)36(41-21-7-8-22-41)32-19-17-30(34)39-32/h1-6,9-20,23,37-38H,7-8,21-22H2. The summed E-state index contributed by atoms with van der Waals surface area (Å²) < 4.78 is 0. The van der Waals surface area contributed by atoms with Crippen molar-refractivity contribution < 1.29 is 0 Å². The van der Waals surface area contributed by atoms with Crippen molar-refractivity contribution in [2.45, 2.75) is 12.8 Å². The summed E-state index contributed by atoms with van der Waals surface area (Å²) in [4.78, 5) is 20.3. The molecule has 0 spiro atoms. The molecule has 0 amide bonds. The first-order chi connectivity index (χ1) is 20.3. The number of fused-ring (bicyclic) bond motifs is 8. The van der Waals surface area contributed by atoms with Crippen molar-refractivity contribution in [2.24, 2.45) is 0 Å². The van der Waals surface area contributed by atoms with Crippen LogP contribution in [-0.2, 0) is 0 Å². The molecule has 2 aromatic carbocycles. The summed E-state index contributed by atoms with van der Waals surface area (Å²) in [6, 6.07) is 31.8. The van der Waals surface area contributed by atoms with Crippen LogP contribution in [0.1, 0.15) is 35.6 Å². The second-order valence-electron chi connectivity index (χ2n) is 10.8. The maximum Gasteiger partial charge on any atom is 0.0893 e. The summed E-state index contributed by atoms with van der Waals surface area (Å²) in [7, 11) is 0. The normalized spacial score (nSPS) is 14.2. The highest BCUT2D eigenvalue weighted by atomic mass is 15.2. The lowest BCUT2D eigenvalue weighted by atomic mass is 10.0. The van der Waals surface area contributed by atoms with E-state index in [1.807, 2.05) is 0 Å². The molecule has 0 aliphatic carbocycles. The third kappa shape index (κ3) is 4.27. The second-order valence-corrected chi connectivity index (χ2v) is 10.8. The monoisotopic (exact) mass is 531 g/mol. The first-order valence-corrected chi connectivity index (χ1v) is 14.3. The lowest BCUT2D eigenvalue weighted by molar-refractivity contribution is 0.949. The van der Waals surface area contributed by atoms with Crippen LogP contribution in [0.15, 0.2) is 91.0 Å². The van der Waals surface area contributed by atoms with E-state index in [9.17, 15) is 0 Å². The molecule has 2 N–H and O–H groups in total. The average molecular weight is 532 g/mol. The van der Waals surface area contributed by atoms with Crippen LogP contribution >= 0.6 is 0 Å². The fourth-order valence-corrected chi connectivity index (χ4v) is 6.21. The van der Waals surface area contributed by atoms with Crippen LogP contribution in [-0.4, -0.2) is 33.0 Å². The average Bonchev–Trinajstić information content (AvgIpc) is 3.84. The maximum atomic E-state index is 5.28. The molecule has 0 radical (unpaired) electrons.